The molecule has 3 aromatic carbocycles. The number of alkyl carbamates (subject to hydrolysis) is 1. The van der Waals surface area contributed by atoms with Gasteiger partial charge < -0.3 is 51.4 Å². The number of hydrogen-bond acceptors (Lipinski definition) is 14. The summed E-state index contributed by atoms with van der Waals surface area (Å²) in [6, 6.07) is 19.0. The van der Waals surface area contributed by atoms with E-state index in [9.17, 15) is 49.5 Å². The second kappa shape index (κ2) is 15.6. The molecule has 0 aliphatic heterocycles. The molecule has 0 fully saturated rings. The minimum Gasteiger partial charge on any atom is -0.510 e. The Balaban J connectivity index is 1.29. The zero-order chi connectivity index (χ0) is 40.6. The third-order valence-electron chi connectivity index (χ3n) is 10.6. The Hall–Kier alpha value is -6.07. The molecule has 56 heavy (non-hydrogen) atoms. The lowest BCUT2D eigenvalue weighted by Crippen LogP contribution is -2.68. The predicted molar refractivity (Wildman–Crippen MR) is 196 cm³/mol. The van der Waals surface area contributed by atoms with Gasteiger partial charge in [0.2, 0.25) is 5.78 Å². The third-order valence-corrected chi connectivity index (χ3v) is 10.6. The first-order chi connectivity index (χ1) is 26.6. The highest BCUT2D eigenvalue weighted by molar-refractivity contribution is 6.25. The van der Waals surface area contributed by atoms with Gasteiger partial charge in [0.25, 0.3) is 5.91 Å². The molecule has 7 unspecified atom stereocenters. The normalized spacial score (nSPS) is 24.8. The number of ketones is 2. The minimum absolute atomic E-state index is 0.0161. The van der Waals surface area contributed by atoms with Crippen molar-refractivity contribution in [2.24, 2.45) is 17.6 Å². The van der Waals surface area contributed by atoms with Crippen LogP contribution in [0.5, 0.6) is 5.75 Å². The van der Waals surface area contributed by atoms with Gasteiger partial charge in [-0.3, -0.25) is 19.3 Å². The van der Waals surface area contributed by atoms with Gasteiger partial charge in [0.05, 0.1) is 23.6 Å². The Bertz CT molecular complexity index is 2140. The number of likely N-dealkylation sites (N-methyl/N-ethyl adjacent to an activating group) is 1. The van der Waals surface area contributed by atoms with Crippen molar-refractivity contribution in [3.05, 3.63) is 123 Å². The quantitative estimate of drug-likeness (QED) is 0.0831. The summed E-state index contributed by atoms with van der Waals surface area (Å²) in [5.74, 6) is -11.5. The topological polar surface area (TPSA) is 258 Å². The number of phenolic OH excluding ortho intramolecular Hbond substituents is 1. The summed E-state index contributed by atoms with van der Waals surface area (Å²) >= 11 is 0. The molecule has 3 aliphatic carbocycles. The third kappa shape index (κ3) is 6.87. The number of carbonyl (C=O) groups is 5. The molecule has 6 rings (SSSR count). The summed E-state index contributed by atoms with van der Waals surface area (Å²) < 4.78 is 10.4. The zero-order valence-electron chi connectivity index (χ0n) is 30.6. The number of ether oxygens (including phenoxy) is 2. The molecule has 2 amide bonds. The van der Waals surface area contributed by atoms with Gasteiger partial charge in [-0.05, 0) is 36.7 Å². The van der Waals surface area contributed by atoms with Crippen LogP contribution in [0.4, 0.5) is 4.79 Å². The van der Waals surface area contributed by atoms with E-state index >= 15 is 0 Å². The van der Waals surface area contributed by atoms with E-state index < -0.39 is 99.6 Å². The molecule has 0 bridgehead atoms. The first-order valence-electron chi connectivity index (χ1n) is 17.7. The van der Waals surface area contributed by atoms with Crippen molar-refractivity contribution in [1.82, 2.24) is 15.5 Å². The van der Waals surface area contributed by atoms with Gasteiger partial charge in [0.1, 0.15) is 36.1 Å². The van der Waals surface area contributed by atoms with Gasteiger partial charge in [-0.15, -0.1) is 0 Å². The van der Waals surface area contributed by atoms with Crippen LogP contribution in [0.15, 0.2) is 95.5 Å². The van der Waals surface area contributed by atoms with Crippen molar-refractivity contribution in [1.29, 1.82) is 0 Å². The van der Waals surface area contributed by atoms with Gasteiger partial charge in [-0.2, -0.15) is 0 Å². The summed E-state index contributed by atoms with van der Waals surface area (Å²) in [7, 11) is 2.86. The number of amides is 2. The highest BCUT2D eigenvalue weighted by atomic mass is 16.5. The molecule has 0 saturated carbocycles. The summed E-state index contributed by atoms with van der Waals surface area (Å²) in [4.78, 5) is 68.5. The average Bonchev–Trinajstić information content (AvgIpc) is 3.17. The van der Waals surface area contributed by atoms with Crippen molar-refractivity contribution < 1.29 is 59.0 Å². The number of benzene rings is 3. The van der Waals surface area contributed by atoms with Crippen molar-refractivity contribution in [2.45, 2.75) is 56.5 Å². The summed E-state index contributed by atoms with van der Waals surface area (Å²) in [5.41, 5.74) is 2.46. The highest BCUT2D eigenvalue weighted by Gasteiger charge is 2.67. The van der Waals surface area contributed by atoms with Crippen molar-refractivity contribution >= 4 is 29.5 Å². The molecule has 0 aromatic heterocycles. The van der Waals surface area contributed by atoms with Crippen LogP contribution in [-0.2, 0) is 43.6 Å². The van der Waals surface area contributed by atoms with E-state index in [0.717, 1.165) is 5.56 Å². The molecule has 0 heterocycles. The molecule has 16 heteroatoms. The molecule has 16 nitrogen and oxygen atoms in total. The van der Waals surface area contributed by atoms with Crippen molar-refractivity contribution in [3.8, 4) is 5.75 Å². The molecule has 0 radical (unpaired) electrons. The maximum Gasteiger partial charge on any atom is 0.407 e. The number of carbonyl (C=O) groups excluding carboxylic acids is 5. The summed E-state index contributed by atoms with van der Waals surface area (Å²) in [5, 5.41) is 63.5. The van der Waals surface area contributed by atoms with Gasteiger partial charge >= 0.3 is 12.1 Å². The van der Waals surface area contributed by atoms with E-state index in [2.05, 4.69) is 10.6 Å². The number of fused-ring (bicyclic) bond motifs is 3. The number of phenols is 1. The SMILES string of the molecule is CC1c2ccc(CNC(=O)OCc3ccccc3)c(O)c2C(=O)C2=C(O)C3(O)C(=O)C(C(=O)NC(N)C(=O)OCc4ccccc4)=C(O)C(N(C)C)C3C(O)C21. The van der Waals surface area contributed by atoms with E-state index in [1.807, 2.05) is 6.07 Å². The first kappa shape index (κ1) is 39.6. The number of nitrogens with one attached hydrogen (secondary N) is 2. The number of esters is 1. The number of Topliss-reactive ketones (excluding diaryl/α,β-unsaturated/α-hetero) is 2. The fourth-order valence-corrected chi connectivity index (χ4v) is 7.82. The maximum absolute atomic E-state index is 14.3. The summed E-state index contributed by atoms with van der Waals surface area (Å²) in [6.45, 7) is 1.13. The van der Waals surface area contributed by atoms with Crippen LogP contribution in [0.25, 0.3) is 0 Å². The summed E-state index contributed by atoms with van der Waals surface area (Å²) in [6.07, 6.45) is -4.44. The lowest BCUT2D eigenvalue weighted by Gasteiger charge is -2.53. The first-order valence-corrected chi connectivity index (χ1v) is 17.7. The number of nitrogens with zero attached hydrogens (tertiary/aromatic N) is 1. The molecule has 3 aromatic rings. The molecular formula is C40H42N4O12. The monoisotopic (exact) mass is 770 g/mol. The molecule has 0 spiro atoms. The lowest BCUT2D eigenvalue weighted by molar-refractivity contribution is -0.162. The Morgan fingerprint density at radius 2 is 1.50 bits per heavy atom. The average molecular weight is 771 g/mol. The van der Waals surface area contributed by atoms with Crippen LogP contribution < -0.4 is 16.4 Å². The number of nitrogens with two attached hydrogens (primary N) is 1. The molecule has 0 saturated heterocycles. The van der Waals surface area contributed by atoms with Gasteiger partial charge in [-0.25, -0.2) is 9.59 Å². The van der Waals surface area contributed by atoms with E-state index in [-0.39, 0.29) is 36.4 Å². The van der Waals surface area contributed by atoms with E-state index in [0.29, 0.717) is 5.56 Å². The van der Waals surface area contributed by atoms with Gasteiger partial charge in [-0.1, -0.05) is 79.7 Å². The van der Waals surface area contributed by atoms with E-state index in [1.54, 1.807) is 61.5 Å². The van der Waals surface area contributed by atoms with Crippen LogP contribution in [0.1, 0.15) is 45.5 Å². The Kier molecular flexibility index (Phi) is 11.0. The Morgan fingerprint density at radius 3 is 2.09 bits per heavy atom. The zero-order valence-corrected chi connectivity index (χ0v) is 30.6. The van der Waals surface area contributed by atoms with Crippen LogP contribution in [0, 0.1) is 11.8 Å². The number of aliphatic hydroxyl groups excluding tert-OH is 3. The molecule has 9 N–H and O–H groups in total. The predicted octanol–water partition coefficient (Wildman–Crippen LogP) is 1.74. The molecular weight excluding hydrogens is 728 g/mol. The largest absolute Gasteiger partial charge is 0.510 e. The van der Waals surface area contributed by atoms with Crippen LogP contribution in [0.3, 0.4) is 0 Å². The van der Waals surface area contributed by atoms with E-state index in [1.165, 1.54) is 31.1 Å². The standard InChI is InChI=1S/C40H42N4O12/c1-19-23-15-14-22(16-42-39(53)56-18-21-12-8-5-9-13-21)30(45)25(23)31(46)26-24(19)32(47)28-29(44(2)3)33(48)27(35(50)40(28,54)34(26)49)37(51)43-36(41)38(52)55-17-20-10-6-4-7-11-20/h4-15,19,24,28-29,32,36,45,47-49,54H,16-18,41H2,1-3H3,(H,42,53)(H,43,51). The second-order valence-corrected chi connectivity index (χ2v) is 14.2. The number of hydrogen-bond donors (Lipinski definition) is 8. The molecule has 3 aliphatic rings. The fourth-order valence-electron chi connectivity index (χ4n) is 7.82. The molecule has 7 atom stereocenters. The highest BCUT2D eigenvalue weighted by Crippen LogP contribution is 2.55. The van der Waals surface area contributed by atoms with Gasteiger partial charge in [0.15, 0.2) is 17.6 Å². The smallest absolute Gasteiger partial charge is 0.407 e. The minimum atomic E-state index is -3.17. The van der Waals surface area contributed by atoms with Crippen molar-refractivity contribution in [3.63, 3.8) is 0 Å². The van der Waals surface area contributed by atoms with Crippen LogP contribution >= 0.6 is 0 Å². The van der Waals surface area contributed by atoms with Crippen LogP contribution in [-0.4, -0.2) is 98.0 Å². The number of aromatic hydroxyl groups is 1. The second-order valence-electron chi connectivity index (χ2n) is 14.2. The van der Waals surface area contributed by atoms with Crippen molar-refractivity contribution in [2.75, 3.05) is 14.1 Å². The van der Waals surface area contributed by atoms with Gasteiger partial charge in [0, 0.05) is 23.6 Å². The number of rotatable bonds is 10. The fraction of sp³-hybridized carbons (Fsp3) is 0.325. The maximum atomic E-state index is 14.3. The lowest BCUT2D eigenvalue weighted by atomic mass is 9.55. The Labute approximate surface area is 320 Å². The van der Waals surface area contributed by atoms with E-state index in [4.69, 9.17) is 15.2 Å². The van der Waals surface area contributed by atoms with Crippen LogP contribution in [0.2, 0.25) is 0 Å². The number of aliphatic hydroxyl groups is 4. The Morgan fingerprint density at radius 1 is 0.911 bits per heavy atom. The molecule has 294 valence electrons.